The first-order chi connectivity index (χ1) is 9.95. The van der Waals surface area contributed by atoms with E-state index in [1.807, 2.05) is 0 Å². The van der Waals surface area contributed by atoms with Gasteiger partial charge in [0.2, 0.25) is 0 Å². The van der Waals surface area contributed by atoms with Gasteiger partial charge in [0.25, 0.3) is 0 Å². The molecule has 3 rings (SSSR count). The zero-order chi connectivity index (χ0) is 15.1. The standard InChI is InChI=1S/C16H12O4S/c1-8-4-9(2-3-11(8)17)14-7-13(19)16-12(18)5-10(21)6-15(16)20-14/h2-7,17-18,21H,1H3. The summed E-state index contributed by atoms with van der Waals surface area (Å²) in [6.07, 6.45) is 0. The third-order valence-corrected chi connectivity index (χ3v) is 3.53. The molecule has 0 bridgehead atoms. The lowest BCUT2D eigenvalue weighted by molar-refractivity contribution is 0.471. The molecule has 1 heterocycles. The van der Waals surface area contributed by atoms with Crippen LogP contribution in [0.4, 0.5) is 0 Å². The summed E-state index contributed by atoms with van der Waals surface area (Å²) in [5.41, 5.74) is 1.30. The maximum Gasteiger partial charge on any atom is 0.197 e. The number of aromatic hydroxyl groups is 2. The van der Waals surface area contributed by atoms with E-state index in [1.54, 1.807) is 31.2 Å². The van der Waals surface area contributed by atoms with Gasteiger partial charge in [-0.2, -0.15) is 0 Å². The van der Waals surface area contributed by atoms with Crippen LogP contribution in [0, 0.1) is 6.92 Å². The molecule has 0 aliphatic carbocycles. The number of hydrogen-bond donors (Lipinski definition) is 3. The van der Waals surface area contributed by atoms with Crippen LogP contribution in [0.2, 0.25) is 0 Å². The zero-order valence-electron chi connectivity index (χ0n) is 11.1. The maximum absolute atomic E-state index is 12.2. The largest absolute Gasteiger partial charge is 0.508 e. The lowest BCUT2D eigenvalue weighted by Gasteiger charge is -2.06. The number of thiol groups is 1. The summed E-state index contributed by atoms with van der Waals surface area (Å²) in [6, 6.07) is 9.23. The molecule has 0 radical (unpaired) electrons. The second-order valence-electron chi connectivity index (χ2n) is 4.81. The number of benzene rings is 2. The highest BCUT2D eigenvalue weighted by molar-refractivity contribution is 7.80. The predicted octanol–water partition coefficient (Wildman–Crippen LogP) is 3.47. The zero-order valence-corrected chi connectivity index (χ0v) is 12.0. The van der Waals surface area contributed by atoms with Crippen LogP contribution in [0.15, 0.2) is 50.5 Å². The fourth-order valence-corrected chi connectivity index (χ4v) is 2.44. The Morgan fingerprint density at radius 1 is 1.05 bits per heavy atom. The van der Waals surface area contributed by atoms with Crippen LogP contribution in [0.5, 0.6) is 11.5 Å². The Kier molecular flexibility index (Phi) is 3.14. The predicted molar refractivity (Wildman–Crippen MR) is 83.2 cm³/mol. The molecule has 4 nitrogen and oxygen atoms in total. The van der Waals surface area contributed by atoms with Crippen molar-refractivity contribution in [2.24, 2.45) is 0 Å². The van der Waals surface area contributed by atoms with Crippen molar-refractivity contribution in [1.82, 2.24) is 0 Å². The van der Waals surface area contributed by atoms with Crippen molar-refractivity contribution in [3.8, 4) is 22.8 Å². The van der Waals surface area contributed by atoms with Crippen molar-refractivity contribution in [1.29, 1.82) is 0 Å². The van der Waals surface area contributed by atoms with Gasteiger partial charge in [-0.15, -0.1) is 12.6 Å². The average Bonchev–Trinajstić information content (AvgIpc) is 2.40. The van der Waals surface area contributed by atoms with E-state index in [0.717, 1.165) is 0 Å². The summed E-state index contributed by atoms with van der Waals surface area (Å²) in [5.74, 6) is 0.394. The summed E-state index contributed by atoms with van der Waals surface area (Å²) in [5, 5.41) is 19.5. The quantitative estimate of drug-likeness (QED) is 0.602. The molecule has 0 unspecified atom stereocenters. The monoisotopic (exact) mass is 300 g/mol. The van der Waals surface area contributed by atoms with Gasteiger partial charge in [-0.05, 0) is 42.8 Å². The maximum atomic E-state index is 12.2. The molecular formula is C16H12O4S. The fraction of sp³-hybridized carbons (Fsp3) is 0.0625. The highest BCUT2D eigenvalue weighted by Crippen LogP contribution is 2.30. The van der Waals surface area contributed by atoms with Crippen molar-refractivity contribution >= 4 is 23.6 Å². The van der Waals surface area contributed by atoms with Gasteiger partial charge in [0, 0.05) is 16.5 Å². The number of phenolic OH excluding ortho intramolecular Hbond substituents is 2. The minimum atomic E-state index is -0.331. The summed E-state index contributed by atoms with van der Waals surface area (Å²) < 4.78 is 5.69. The molecule has 2 aromatic carbocycles. The van der Waals surface area contributed by atoms with Crippen molar-refractivity contribution in [2.75, 3.05) is 0 Å². The van der Waals surface area contributed by atoms with Crippen LogP contribution in [-0.4, -0.2) is 10.2 Å². The Hall–Kier alpha value is -2.40. The minimum absolute atomic E-state index is 0.132. The first-order valence-corrected chi connectivity index (χ1v) is 6.70. The first kappa shape index (κ1) is 13.6. The molecule has 21 heavy (non-hydrogen) atoms. The van der Waals surface area contributed by atoms with Gasteiger partial charge in [0.15, 0.2) is 5.43 Å². The number of hydrogen-bond acceptors (Lipinski definition) is 5. The van der Waals surface area contributed by atoms with E-state index in [0.29, 0.717) is 21.8 Å². The second kappa shape index (κ2) is 4.86. The fourth-order valence-electron chi connectivity index (χ4n) is 2.20. The molecular weight excluding hydrogens is 288 g/mol. The van der Waals surface area contributed by atoms with E-state index in [-0.39, 0.29) is 27.9 Å². The Morgan fingerprint density at radius 3 is 2.52 bits per heavy atom. The molecule has 0 aliphatic heterocycles. The Labute approximate surface area is 125 Å². The van der Waals surface area contributed by atoms with Crippen molar-refractivity contribution in [3.63, 3.8) is 0 Å². The normalized spacial score (nSPS) is 11.0. The molecule has 1 aromatic heterocycles. The van der Waals surface area contributed by atoms with E-state index in [4.69, 9.17) is 4.42 Å². The number of fused-ring (bicyclic) bond motifs is 1. The topological polar surface area (TPSA) is 70.7 Å². The number of aryl methyl sites for hydroxylation is 1. The lowest BCUT2D eigenvalue weighted by Crippen LogP contribution is -2.00. The van der Waals surface area contributed by atoms with Gasteiger partial charge in [0.05, 0.1) is 0 Å². The molecule has 0 saturated carbocycles. The van der Waals surface area contributed by atoms with Crippen LogP contribution in [0.1, 0.15) is 5.56 Å². The Bertz CT molecular complexity index is 912. The van der Waals surface area contributed by atoms with Crippen LogP contribution in [0.3, 0.4) is 0 Å². The van der Waals surface area contributed by atoms with Crippen LogP contribution in [0.25, 0.3) is 22.3 Å². The highest BCUT2D eigenvalue weighted by Gasteiger charge is 2.12. The van der Waals surface area contributed by atoms with Gasteiger partial charge in [-0.25, -0.2) is 0 Å². The third kappa shape index (κ3) is 2.36. The van der Waals surface area contributed by atoms with Crippen molar-refractivity contribution in [3.05, 3.63) is 52.2 Å². The molecule has 5 heteroatoms. The molecule has 0 saturated heterocycles. The highest BCUT2D eigenvalue weighted by atomic mass is 32.1. The van der Waals surface area contributed by atoms with Crippen LogP contribution in [-0.2, 0) is 0 Å². The summed E-state index contributed by atoms with van der Waals surface area (Å²) in [6.45, 7) is 1.76. The number of rotatable bonds is 1. The van der Waals surface area contributed by atoms with E-state index in [9.17, 15) is 15.0 Å². The van der Waals surface area contributed by atoms with Crippen molar-refractivity contribution in [2.45, 2.75) is 11.8 Å². The molecule has 2 N–H and O–H groups in total. The van der Waals surface area contributed by atoms with E-state index >= 15 is 0 Å². The van der Waals surface area contributed by atoms with Gasteiger partial charge in [-0.3, -0.25) is 4.79 Å². The Morgan fingerprint density at radius 2 is 1.81 bits per heavy atom. The molecule has 106 valence electrons. The average molecular weight is 300 g/mol. The van der Waals surface area contributed by atoms with E-state index < -0.39 is 0 Å². The number of phenols is 2. The van der Waals surface area contributed by atoms with Crippen LogP contribution < -0.4 is 5.43 Å². The van der Waals surface area contributed by atoms with Gasteiger partial charge in [0.1, 0.15) is 28.2 Å². The summed E-state index contributed by atoms with van der Waals surface area (Å²) in [7, 11) is 0. The third-order valence-electron chi connectivity index (χ3n) is 3.28. The molecule has 3 aromatic rings. The Balaban J connectivity index is 2.29. The summed E-state index contributed by atoms with van der Waals surface area (Å²) >= 11 is 4.16. The SMILES string of the molecule is Cc1cc(-c2cc(=O)c3c(O)cc(S)cc3o2)ccc1O. The van der Waals surface area contributed by atoms with Gasteiger partial charge >= 0.3 is 0 Å². The molecule has 0 atom stereocenters. The molecule has 0 amide bonds. The van der Waals surface area contributed by atoms with Gasteiger partial charge < -0.3 is 14.6 Å². The molecule has 0 spiro atoms. The van der Waals surface area contributed by atoms with Gasteiger partial charge in [-0.1, -0.05) is 0 Å². The smallest absolute Gasteiger partial charge is 0.197 e. The van der Waals surface area contributed by atoms with E-state index in [2.05, 4.69) is 12.6 Å². The van der Waals surface area contributed by atoms with Crippen molar-refractivity contribution < 1.29 is 14.6 Å². The first-order valence-electron chi connectivity index (χ1n) is 6.25. The second-order valence-corrected chi connectivity index (χ2v) is 5.33. The minimum Gasteiger partial charge on any atom is -0.508 e. The van der Waals surface area contributed by atoms with Crippen LogP contribution >= 0.6 is 12.6 Å². The van der Waals surface area contributed by atoms with E-state index in [1.165, 1.54) is 12.1 Å². The summed E-state index contributed by atoms with van der Waals surface area (Å²) in [4.78, 5) is 12.7. The molecule has 0 fully saturated rings. The lowest BCUT2D eigenvalue weighted by atomic mass is 10.1. The molecule has 0 aliphatic rings.